The smallest absolute Gasteiger partial charge is 0.135 e. The second-order valence-corrected chi connectivity index (χ2v) is 7.68. The first kappa shape index (κ1) is 15.6. The Balaban J connectivity index is 2.24. The van der Waals surface area contributed by atoms with Crippen molar-refractivity contribution in [2.45, 2.75) is 33.7 Å². The molecule has 0 spiro atoms. The zero-order valence-electron chi connectivity index (χ0n) is 12.0. The van der Waals surface area contributed by atoms with Gasteiger partial charge in [-0.15, -0.1) is 0 Å². The molecular formula is C15H19ClIN3. The van der Waals surface area contributed by atoms with E-state index in [-0.39, 0.29) is 5.41 Å². The molecule has 1 aromatic heterocycles. The average molecular weight is 404 g/mol. The van der Waals surface area contributed by atoms with E-state index in [9.17, 15) is 0 Å². The van der Waals surface area contributed by atoms with Crippen LogP contribution < -0.4 is 5.73 Å². The molecule has 1 aromatic carbocycles. The fourth-order valence-corrected chi connectivity index (χ4v) is 2.71. The van der Waals surface area contributed by atoms with Gasteiger partial charge in [0.05, 0.1) is 15.8 Å². The van der Waals surface area contributed by atoms with Crippen LogP contribution in [-0.2, 0) is 13.0 Å². The Labute approximate surface area is 138 Å². The predicted octanol–water partition coefficient (Wildman–Crippen LogP) is 4.36. The Hall–Kier alpha value is -0.750. The van der Waals surface area contributed by atoms with E-state index < -0.39 is 0 Å². The first-order chi connectivity index (χ1) is 9.26. The maximum absolute atomic E-state index is 6.17. The molecule has 20 heavy (non-hydrogen) atoms. The summed E-state index contributed by atoms with van der Waals surface area (Å²) in [6.07, 6.45) is 0.920. The Bertz CT molecular complexity index is 597. The third-order valence-electron chi connectivity index (χ3n) is 2.94. The fraction of sp³-hybridized carbons (Fsp3) is 0.400. The van der Waals surface area contributed by atoms with E-state index in [0.717, 1.165) is 32.1 Å². The van der Waals surface area contributed by atoms with Crippen LogP contribution in [0.2, 0.25) is 5.02 Å². The maximum atomic E-state index is 6.17. The van der Waals surface area contributed by atoms with Gasteiger partial charge in [0.15, 0.2) is 0 Å². The highest BCUT2D eigenvalue weighted by molar-refractivity contribution is 14.1. The van der Waals surface area contributed by atoms with E-state index in [0.29, 0.717) is 6.54 Å². The molecule has 0 radical (unpaired) electrons. The lowest BCUT2D eigenvalue weighted by molar-refractivity contribution is 0.403. The zero-order chi connectivity index (χ0) is 14.9. The minimum Gasteiger partial charge on any atom is -0.383 e. The van der Waals surface area contributed by atoms with Gasteiger partial charge in [-0.3, -0.25) is 0 Å². The molecule has 0 saturated heterocycles. The van der Waals surface area contributed by atoms with Crippen molar-refractivity contribution in [1.29, 1.82) is 0 Å². The number of rotatable bonds is 3. The monoisotopic (exact) mass is 403 g/mol. The number of hydrogen-bond acceptors (Lipinski definition) is 2. The van der Waals surface area contributed by atoms with Crippen LogP contribution in [0.1, 0.15) is 32.0 Å². The summed E-state index contributed by atoms with van der Waals surface area (Å²) in [5.41, 5.74) is 8.58. The van der Waals surface area contributed by atoms with Gasteiger partial charge in [0.25, 0.3) is 0 Å². The van der Waals surface area contributed by atoms with Crippen molar-refractivity contribution in [3.05, 3.63) is 44.1 Å². The number of anilines is 1. The first-order valence-electron chi connectivity index (χ1n) is 6.51. The van der Waals surface area contributed by atoms with Crippen molar-refractivity contribution >= 4 is 40.0 Å². The molecule has 0 atom stereocenters. The largest absolute Gasteiger partial charge is 0.383 e. The molecule has 108 valence electrons. The maximum Gasteiger partial charge on any atom is 0.135 e. The van der Waals surface area contributed by atoms with Crippen LogP contribution in [-0.4, -0.2) is 9.78 Å². The lowest BCUT2D eigenvalue weighted by Crippen LogP contribution is -2.11. The highest BCUT2D eigenvalue weighted by Gasteiger charge is 2.19. The molecule has 2 aromatic rings. The molecule has 0 aliphatic rings. The van der Waals surface area contributed by atoms with Gasteiger partial charge in [-0.1, -0.05) is 44.5 Å². The van der Waals surface area contributed by atoms with Crippen molar-refractivity contribution in [3.8, 4) is 0 Å². The molecule has 0 fully saturated rings. The van der Waals surface area contributed by atoms with Crippen LogP contribution >= 0.6 is 34.2 Å². The van der Waals surface area contributed by atoms with Gasteiger partial charge in [0, 0.05) is 5.02 Å². The Morgan fingerprint density at radius 1 is 1.25 bits per heavy atom. The lowest BCUT2D eigenvalue weighted by atomic mass is 9.91. The zero-order valence-corrected chi connectivity index (χ0v) is 14.9. The summed E-state index contributed by atoms with van der Waals surface area (Å²) in [7, 11) is 0. The molecule has 0 saturated carbocycles. The number of nitrogens with two attached hydrogens (primary N) is 1. The molecule has 0 aliphatic carbocycles. The summed E-state index contributed by atoms with van der Waals surface area (Å²) in [4.78, 5) is 0. The summed E-state index contributed by atoms with van der Waals surface area (Å²) in [5, 5.41) is 5.40. The minimum absolute atomic E-state index is 0.200. The number of hydrogen-bond donors (Lipinski definition) is 1. The second-order valence-electron chi connectivity index (χ2n) is 6.17. The van der Waals surface area contributed by atoms with Crippen LogP contribution in [0.5, 0.6) is 0 Å². The van der Waals surface area contributed by atoms with Crippen molar-refractivity contribution in [2.75, 3.05) is 5.73 Å². The van der Waals surface area contributed by atoms with Crippen molar-refractivity contribution in [2.24, 2.45) is 5.41 Å². The SMILES string of the molecule is CC(C)(C)Cc1nn(Cc2ccc(Cl)cc2)c(N)c1I. The van der Waals surface area contributed by atoms with Gasteiger partial charge in [0.1, 0.15) is 5.82 Å². The molecule has 1 heterocycles. The summed E-state index contributed by atoms with van der Waals surface area (Å²) in [5.74, 6) is 0.736. The highest BCUT2D eigenvalue weighted by Crippen LogP contribution is 2.27. The van der Waals surface area contributed by atoms with E-state index >= 15 is 0 Å². The number of halogens is 2. The van der Waals surface area contributed by atoms with Crippen LogP contribution in [0.25, 0.3) is 0 Å². The highest BCUT2D eigenvalue weighted by atomic mass is 127. The van der Waals surface area contributed by atoms with Crippen LogP contribution in [0, 0.1) is 8.99 Å². The molecule has 0 aliphatic heterocycles. The molecule has 0 bridgehead atoms. The number of benzene rings is 1. The summed E-state index contributed by atoms with van der Waals surface area (Å²) < 4.78 is 2.93. The first-order valence-corrected chi connectivity index (χ1v) is 7.97. The predicted molar refractivity (Wildman–Crippen MR) is 93.1 cm³/mol. The van der Waals surface area contributed by atoms with E-state index in [4.69, 9.17) is 17.3 Å². The number of aromatic nitrogens is 2. The van der Waals surface area contributed by atoms with Crippen LogP contribution in [0.4, 0.5) is 5.82 Å². The Morgan fingerprint density at radius 2 is 1.85 bits per heavy atom. The van der Waals surface area contributed by atoms with Gasteiger partial charge < -0.3 is 5.73 Å². The Kier molecular flexibility index (Phi) is 4.64. The summed E-state index contributed by atoms with van der Waals surface area (Å²) in [6, 6.07) is 7.77. The van der Waals surface area contributed by atoms with Crippen molar-refractivity contribution in [1.82, 2.24) is 9.78 Å². The van der Waals surface area contributed by atoms with Gasteiger partial charge in [0.2, 0.25) is 0 Å². The van der Waals surface area contributed by atoms with Gasteiger partial charge in [-0.2, -0.15) is 5.10 Å². The molecule has 0 amide bonds. The number of nitrogens with zero attached hydrogens (tertiary/aromatic N) is 2. The third-order valence-corrected chi connectivity index (χ3v) is 4.37. The standard InChI is InChI=1S/C15H19ClIN3/c1-15(2,3)8-12-13(17)14(18)20(19-12)9-10-4-6-11(16)7-5-10/h4-7H,8-9,18H2,1-3H3. The average Bonchev–Trinajstić information content (AvgIpc) is 2.59. The third kappa shape index (κ3) is 3.88. The van der Waals surface area contributed by atoms with Gasteiger partial charge >= 0.3 is 0 Å². The molecule has 2 rings (SSSR count). The van der Waals surface area contributed by atoms with Crippen LogP contribution in [0.15, 0.2) is 24.3 Å². The normalized spacial score (nSPS) is 11.8. The van der Waals surface area contributed by atoms with Gasteiger partial charge in [-0.25, -0.2) is 4.68 Å². The quantitative estimate of drug-likeness (QED) is 0.774. The molecule has 0 unspecified atom stereocenters. The van der Waals surface area contributed by atoms with Crippen molar-refractivity contribution in [3.63, 3.8) is 0 Å². The van der Waals surface area contributed by atoms with E-state index in [1.165, 1.54) is 0 Å². The minimum atomic E-state index is 0.200. The topological polar surface area (TPSA) is 43.8 Å². The van der Waals surface area contributed by atoms with Crippen molar-refractivity contribution < 1.29 is 0 Å². The summed E-state index contributed by atoms with van der Waals surface area (Å²) in [6.45, 7) is 7.29. The molecule has 5 heteroatoms. The molecule has 2 N–H and O–H groups in total. The van der Waals surface area contributed by atoms with E-state index in [1.807, 2.05) is 28.9 Å². The van der Waals surface area contributed by atoms with E-state index in [1.54, 1.807) is 0 Å². The summed E-state index contributed by atoms with van der Waals surface area (Å²) >= 11 is 8.18. The number of nitrogen functional groups attached to an aromatic ring is 1. The van der Waals surface area contributed by atoms with E-state index in [2.05, 4.69) is 48.5 Å². The molecule has 3 nitrogen and oxygen atoms in total. The lowest BCUT2D eigenvalue weighted by Gasteiger charge is -2.16. The Morgan fingerprint density at radius 3 is 2.40 bits per heavy atom. The van der Waals surface area contributed by atoms with Crippen LogP contribution in [0.3, 0.4) is 0 Å². The van der Waals surface area contributed by atoms with Gasteiger partial charge in [-0.05, 0) is 52.1 Å². The second kappa shape index (κ2) is 5.93. The molecular weight excluding hydrogens is 385 g/mol. The fourth-order valence-electron chi connectivity index (χ4n) is 2.00.